The molecule has 1 aromatic heterocycles. The van der Waals surface area contributed by atoms with Gasteiger partial charge in [-0.15, -0.1) is 0 Å². The second-order valence-corrected chi connectivity index (χ2v) is 8.15. The van der Waals surface area contributed by atoms with Crippen LogP contribution in [-0.4, -0.2) is 46.7 Å². The van der Waals surface area contributed by atoms with E-state index in [9.17, 15) is 28.3 Å². The Morgan fingerprint density at radius 3 is 2.26 bits per heavy atom. The molecular formula is C24H24F2N2O6. The highest BCUT2D eigenvalue weighted by Crippen LogP contribution is 2.31. The van der Waals surface area contributed by atoms with E-state index in [0.717, 1.165) is 0 Å². The van der Waals surface area contributed by atoms with E-state index in [2.05, 4.69) is 10.1 Å². The monoisotopic (exact) mass is 474 g/mol. The zero-order chi connectivity index (χ0) is 25.2. The van der Waals surface area contributed by atoms with Crippen LogP contribution in [-0.2, 0) is 16.0 Å². The number of aliphatic carboxylic acids is 1. The number of carboxylic acid groups (broad SMARTS) is 1. The van der Waals surface area contributed by atoms with Gasteiger partial charge >= 0.3 is 12.6 Å². The molecule has 0 unspecified atom stereocenters. The zero-order valence-electron chi connectivity index (χ0n) is 19.0. The van der Waals surface area contributed by atoms with E-state index in [1.54, 1.807) is 25.1 Å². The van der Waals surface area contributed by atoms with Crippen molar-refractivity contribution < 1.29 is 37.7 Å². The maximum absolute atomic E-state index is 13.4. The summed E-state index contributed by atoms with van der Waals surface area (Å²) in [5.74, 6) is -1.72. The van der Waals surface area contributed by atoms with Crippen molar-refractivity contribution in [3.63, 3.8) is 0 Å². The van der Waals surface area contributed by atoms with Gasteiger partial charge in [0.25, 0.3) is 5.91 Å². The first-order valence-corrected chi connectivity index (χ1v) is 10.3. The number of fused-ring (bicyclic) bond motifs is 1. The first kappa shape index (κ1) is 24.7. The fourth-order valence-electron chi connectivity index (χ4n) is 3.59. The molecule has 1 heterocycles. The predicted octanol–water partition coefficient (Wildman–Crippen LogP) is 3.77. The summed E-state index contributed by atoms with van der Waals surface area (Å²) in [5.41, 5.74) is 0.263. The first-order chi connectivity index (χ1) is 15.9. The van der Waals surface area contributed by atoms with E-state index in [1.807, 2.05) is 0 Å². The fourth-order valence-corrected chi connectivity index (χ4v) is 3.59. The van der Waals surface area contributed by atoms with Crippen molar-refractivity contribution in [2.45, 2.75) is 39.3 Å². The second kappa shape index (κ2) is 9.50. The molecule has 0 atom stereocenters. The van der Waals surface area contributed by atoms with E-state index in [0.29, 0.717) is 27.9 Å². The second-order valence-electron chi connectivity index (χ2n) is 8.15. The summed E-state index contributed by atoms with van der Waals surface area (Å²) in [4.78, 5) is 37.4. The highest BCUT2D eigenvalue weighted by atomic mass is 19.3. The van der Waals surface area contributed by atoms with Crippen molar-refractivity contribution in [3.05, 3.63) is 59.3 Å². The standard InChI is InChI=1S/C24H24F2N2O6/c1-13-17(12-20(29)27-24(2,3)22(31)32)18-11-16(33-4)9-10-19(18)28(13)21(30)14-5-7-15(8-6-14)34-23(25)26/h5-11,23H,12H2,1-4H3,(H,27,29)(H,31,32). The molecule has 10 heteroatoms. The number of ether oxygens (including phenoxy) is 2. The summed E-state index contributed by atoms with van der Waals surface area (Å²) in [6.07, 6.45) is -0.173. The highest BCUT2D eigenvalue weighted by Gasteiger charge is 2.30. The molecule has 2 aromatic carbocycles. The topological polar surface area (TPSA) is 107 Å². The number of nitrogens with one attached hydrogen (secondary N) is 1. The van der Waals surface area contributed by atoms with Gasteiger partial charge in [-0.1, -0.05) is 0 Å². The molecule has 2 N–H and O–H groups in total. The Bertz CT molecular complexity index is 1250. The summed E-state index contributed by atoms with van der Waals surface area (Å²) in [5, 5.41) is 12.4. The number of hydrogen-bond acceptors (Lipinski definition) is 5. The lowest BCUT2D eigenvalue weighted by Gasteiger charge is -2.21. The highest BCUT2D eigenvalue weighted by molar-refractivity contribution is 6.05. The normalized spacial score (nSPS) is 11.5. The molecule has 0 saturated carbocycles. The fraction of sp³-hybridized carbons (Fsp3) is 0.292. The van der Waals surface area contributed by atoms with Crippen LogP contribution in [0.4, 0.5) is 8.78 Å². The number of amides is 1. The molecule has 180 valence electrons. The Labute approximate surface area is 194 Å². The van der Waals surface area contributed by atoms with E-state index < -0.39 is 29.9 Å². The number of rotatable bonds is 8. The van der Waals surface area contributed by atoms with Crippen LogP contribution in [0.25, 0.3) is 10.9 Å². The van der Waals surface area contributed by atoms with Gasteiger partial charge in [0.1, 0.15) is 17.0 Å². The number of carbonyl (C=O) groups is 3. The number of halogens is 2. The Balaban J connectivity index is 2.04. The van der Waals surface area contributed by atoms with Crippen molar-refractivity contribution >= 4 is 28.7 Å². The number of aromatic nitrogens is 1. The van der Waals surface area contributed by atoms with Crippen LogP contribution in [0.1, 0.15) is 35.5 Å². The average molecular weight is 474 g/mol. The number of carboxylic acids is 1. The summed E-state index contributed by atoms with van der Waals surface area (Å²) in [6.45, 7) is 1.44. The van der Waals surface area contributed by atoms with E-state index in [-0.39, 0.29) is 17.7 Å². The minimum Gasteiger partial charge on any atom is -0.497 e. The van der Waals surface area contributed by atoms with Crippen LogP contribution in [0.3, 0.4) is 0 Å². The van der Waals surface area contributed by atoms with Crippen LogP contribution >= 0.6 is 0 Å². The van der Waals surface area contributed by atoms with Crippen LogP contribution in [0, 0.1) is 6.92 Å². The lowest BCUT2D eigenvalue weighted by Crippen LogP contribution is -2.50. The molecule has 0 fully saturated rings. The SMILES string of the molecule is COc1ccc2c(c1)c(CC(=O)NC(C)(C)C(=O)O)c(C)n2C(=O)c1ccc(OC(F)F)cc1. The number of methoxy groups -OCH3 is 1. The number of hydrogen-bond donors (Lipinski definition) is 2. The molecule has 0 bridgehead atoms. The van der Waals surface area contributed by atoms with Gasteiger partial charge in [-0.25, -0.2) is 4.79 Å². The molecule has 0 aliphatic carbocycles. The number of benzene rings is 2. The van der Waals surface area contributed by atoms with Gasteiger partial charge in [0, 0.05) is 16.6 Å². The van der Waals surface area contributed by atoms with E-state index in [4.69, 9.17) is 4.74 Å². The zero-order valence-corrected chi connectivity index (χ0v) is 19.0. The minimum atomic E-state index is -2.98. The van der Waals surface area contributed by atoms with Crippen molar-refractivity contribution in [1.82, 2.24) is 9.88 Å². The smallest absolute Gasteiger partial charge is 0.387 e. The summed E-state index contributed by atoms with van der Waals surface area (Å²) in [7, 11) is 1.49. The summed E-state index contributed by atoms with van der Waals surface area (Å²) < 4.78 is 35.9. The third-order valence-electron chi connectivity index (χ3n) is 5.40. The molecule has 0 aliphatic heterocycles. The molecular weight excluding hydrogens is 450 g/mol. The lowest BCUT2D eigenvalue weighted by atomic mass is 10.0. The predicted molar refractivity (Wildman–Crippen MR) is 120 cm³/mol. The van der Waals surface area contributed by atoms with Gasteiger partial charge in [-0.2, -0.15) is 8.78 Å². The van der Waals surface area contributed by atoms with Crippen molar-refractivity contribution in [2.75, 3.05) is 7.11 Å². The maximum atomic E-state index is 13.4. The third kappa shape index (κ3) is 5.00. The Kier molecular flexibility index (Phi) is 6.90. The maximum Gasteiger partial charge on any atom is 0.387 e. The van der Waals surface area contributed by atoms with Gasteiger partial charge in [0.05, 0.1) is 19.0 Å². The Morgan fingerprint density at radius 1 is 1.09 bits per heavy atom. The molecule has 3 rings (SSSR count). The van der Waals surface area contributed by atoms with Crippen molar-refractivity contribution in [2.24, 2.45) is 0 Å². The molecule has 0 spiro atoms. The first-order valence-electron chi connectivity index (χ1n) is 10.3. The number of carbonyl (C=O) groups excluding carboxylic acids is 2. The van der Waals surface area contributed by atoms with Gasteiger partial charge < -0.3 is 19.9 Å². The number of nitrogens with zero attached hydrogens (tertiary/aromatic N) is 1. The molecule has 0 radical (unpaired) electrons. The Morgan fingerprint density at radius 2 is 1.71 bits per heavy atom. The minimum absolute atomic E-state index is 0.0798. The van der Waals surface area contributed by atoms with Crippen LogP contribution in [0.5, 0.6) is 11.5 Å². The van der Waals surface area contributed by atoms with E-state index in [1.165, 1.54) is 49.8 Å². The van der Waals surface area contributed by atoms with Crippen LogP contribution in [0.2, 0.25) is 0 Å². The largest absolute Gasteiger partial charge is 0.497 e. The Hall–Kier alpha value is -3.95. The molecule has 0 saturated heterocycles. The van der Waals surface area contributed by atoms with E-state index >= 15 is 0 Å². The van der Waals surface area contributed by atoms with Crippen LogP contribution in [0.15, 0.2) is 42.5 Å². The molecule has 34 heavy (non-hydrogen) atoms. The lowest BCUT2D eigenvalue weighted by molar-refractivity contribution is -0.145. The average Bonchev–Trinajstić information content (AvgIpc) is 3.03. The molecule has 0 aliphatic rings. The van der Waals surface area contributed by atoms with Crippen molar-refractivity contribution in [3.8, 4) is 11.5 Å². The van der Waals surface area contributed by atoms with Gasteiger partial charge in [-0.05, 0) is 68.8 Å². The van der Waals surface area contributed by atoms with Gasteiger partial charge in [0.2, 0.25) is 5.91 Å². The molecule has 8 nitrogen and oxygen atoms in total. The van der Waals surface area contributed by atoms with Crippen molar-refractivity contribution in [1.29, 1.82) is 0 Å². The number of alkyl halides is 2. The van der Waals surface area contributed by atoms with Crippen LogP contribution < -0.4 is 14.8 Å². The molecule has 1 amide bonds. The summed E-state index contributed by atoms with van der Waals surface area (Å²) >= 11 is 0. The third-order valence-corrected chi connectivity index (χ3v) is 5.40. The van der Waals surface area contributed by atoms with Gasteiger partial charge in [-0.3, -0.25) is 14.2 Å². The summed E-state index contributed by atoms with van der Waals surface area (Å²) in [6, 6.07) is 10.3. The van der Waals surface area contributed by atoms with Gasteiger partial charge in [0.15, 0.2) is 0 Å². The quantitative estimate of drug-likeness (QED) is 0.515. The molecule has 3 aromatic rings.